The summed E-state index contributed by atoms with van der Waals surface area (Å²) in [7, 11) is 0. The fraction of sp³-hybridized carbons (Fsp3) is 0.133. The highest BCUT2D eigenvalue weighted by Crippen LogP contribution is 2.12. The summed E-state index contributed by atoms with van der Waals surface area (Å²) in [5, 5.41) is 0. The lowest BCUT2D eigenvalue weighted by molar-refractivity contribution is -0.118. The van der Waals surface area contributed by atoms with Crippen molar-refractivity contribution < 1.29 is 9.59 Å². The van der Waals surface area contributed by atoms with Gasteiger partial charge in [0.15, 0.2) is 0 Å². The maximum atomic E-state index is 12.4. The number of carbonyl (C=O) groups excluding carboxylic acids is 2. The molecular weight excluding hydrogens is 268 g/mol. The number of aromatic nitrogens is 1. The monoisotopic (exact) mass is 284 g/mol. The molecule has 6 nitrogen and oxygen atoms in total. The molecule has 0 aliphatic heterocycles. The van der Waals surface area contributed by atoms with E-state index in [1.54, 1.807) is 36.5 Å². The van der Waals surface area contributed by atoms with E-state index in [9.17, 15) is 9.59 Å². The van der Waals surface area contributed by atoms with Gasteiger partial charge >= 0.3 is 0 Å². The highest BCUT2D eigenvalue weighted by molar-refractivity contribution is 5.96. The first-order valence-corrected chi connectivity index (χ1v) is 6.38. The number of nitrogen functional groups attached to an aromatic ring is 1. The molecule has 108 valence electrons. The first-order valence-electron chi connectivity index (χ1n) is 6.38. The van der Waals surface area contributed by atoms with Crippen LogP contribution in [0.25, 0.3) is 0 Å². The smallest absolute Gasteiger partial charge is 0.256 e. The minimum absolute atomic E-state index is 0.164. The molecular formula is C15H16N4O2. The van der Waals surface area contributed by atoms with Gasteiger partial charge < -0.3 is 16.4 Å². The molecule has 0 saturated heterocycles. The summed E-state index contributed by atoms with van der Waals surface area (Å²) < 4.78 is 0. The number of anilines is 1. The van der Waals surface area contributed by atoms with E-state index in [0.29, 0.717) is 11.3 Å². The highest BCUT2D eigenvalue weighted by atomic mass is 16.2. The Labute approximate surface area is 122 Å². The highest BCUT2D eigenvalue weighted by Gasteiger charge is 2.18. The Kier molecular flexibility index (Phi) is 4.50. The van der Waals surface area contributed by atoms with Gasteiger partial charge in [0.1, 0.15) is 0 Å². The molecule has 0 atom stereocenters. The molecule has 1 heterocycles. The lowest BCUT2D eigenvalue weighted by Crippen LogP contribution is -2.38. The van der Waals surface area contributed by atoms with Crippen LogP contribution in [-0.2, 0) is 11.3 Å². The standard InChI is InChI=1S/C15H16N4O2/c16-13-5-1-3-11(7-13)9-19(10-14(17)20)15(21)12-4-2-6-18-8-12/h1-8H,9-10,16H2,(H2,17,20). The van der Waals surface area contributed by atoms with Crippen molar-refractivity contribution in [3.05, 3.63) is 59.9 Å². The first kappa shape index (κ1) is 14.5. The van der Waals surface area contributed by atoms with Gasteiger partial charge in [-0.1, -0.05) is 12.1 Å². The Balaban J connectivity index is 2.22. The normalized spacial score (nSPS) is 10.1. The summed E-state index contributed by atoms with van der Waals surface area (Å²) in [5.41, 5.74) is 12.8. The number of benzene rings is 1. The molecule has 4 N–H and O–H groups in total. The Hall–Kier alpha value is -2.89. The van der Waals surface area contributed by atoms with Crippen molar-refractivity contribution in [2.45, 2.75) is 6.54 Å². The largest absolute Gasteiger partial charge is 0.399 e. The van der Waals surface area contributed by atoms with Crippen molar-refractivity contribution in [2.24, 2.45) is 5.73 Å². The number of nitrogens with two attached hydrogens (primary N) is 2. The van der Waals surface area contributed by atoms with E-state index in [0.717, 1.165) is 5.56 Å². The molecule has 0 spiro atoms. The Morgan fingerprint density at radius 3 is 2.62 bits per heavy atom. The maximum absolute atomic E-state index is 12.4. The van der Waals surface area contributed by atoms with Crippen LogP contribution in [0.2, 0.25) is 0 Å². The molecule has 0 fully saturated rings. The van der Waals surface area contributed by atoms with Gasteiger partial charge in [0.25, 0.3) is 5.91 Å². The van der Waals surface area contributed by atoms with Gasteiger partial charge in [-0.05, 0) is 29.8 Å². The molecule has 21 heavy (non-hydrogen) atoms. The van der Waals surface area contributed by atoms with Crippen molar-refractivity contribution in [1.29, 1.82) is 0 Å². The van der Waals surface area contributed by atoms with Crippen LogP contribution in [0.15, 0.2) is 48.8 Å². The molecule has 0 unspecified atom stereocenters. The van der Waals surface area contributed by atoms with E-state index in [2.05, 4.69) is 4.98 Å². The number of amides is 2. The van der Waals surface area contributed by atoms with E-state index in [-0.39, 0.29) is 19.0 Å². The first-order chi connectivity index (χ1) is 10.1. The Bertz CT molecular complexity index is 643. The van der Waals surface area contributed by atoms with E-state index in [1.165, 1.54) is 11.1 Å². The van der Waals surface area contributed by atoms with Crippen LogP contribution >= 0.6 is 0 Å². The third kappa shape index (κ3) is 4.04. The van der Waals surface area contributed by atoms with Crippen LogP contribution in [0.4, 0.5) is 5.69 Å². The summed E-state index contributed by atoms with van der Waals surface area (Å²) in [6.07, 6.45) is 3.03. The zero-order valence-corrected chi connectivity index (χ0v) is 11.4. The van der Waals surface area contributed by atoms with Crippen molar-refractivity contribution in [3.63, 3.8) is 0 Å². The Morgan fingerprint density at radius 2 is 2.00 bits per heavy atom. The maximum Gasteiger partial charge on any atom is 0.256 e. The summed E-state index contributed by atoms with van der Waals surface area (Å²) in [6, 6.07) is 10.4. The fourth-order valence-electron chi connectivity index (χ4n) is 1.97. The molecule has 0 saturated carbocycles. The topological polar surface area (TPSA) is 102 Å². The molecule has 1 aromatic carbocycles. The van der Waals surface area contributed by atoms with Gasteiger partial charge in [-0.2, -0.15) is 0 Å². The summed E-state index contributed by atoms with van der Waals surface area (Å²) in [5.74, 6) is -0.875. The second-order valence-electron chi connectivity index (χ2n) is 4.61. The van der Waals surface area contributed by atoms with E-state index in [1.807, 2.05) is 6.07 Å². The molecule has 2 amide bonds. The van der Waals surface area contributed by atoms with E-state index >= 15 is 0 Å². The van der Waals surface area contributed by atoms with Gasteiger partial charge in [-0.25, -0.2) is 0 Å². The number of pyridine rings is 1. The molecule has 0 radical (unpaired) electrons. The lowest BCUT2D eigenvalue weighted by atomic mass is 10.1. The van der Waals surface area contributed by atoms with Crippen LogP contribution in [0.1, 0.15) is 15.9 Å². The average Bonchev–Trinajstić information content (AvgIpc) is 2.46. The van der Waals surface area contributed by atoms with Crippen molar-refractivity contribution >= 4 is 17.5 Å². The quantitative estimate of drug-likeness (QED) is 0.792. The molecule has 0 aliphatic carbocycles. The SMILES string of the molecule is NC(=O)CN(Cc1cccc(N)c1)C(=O)c1cccnc1. The molecule has 6 heteroatoms. The van der Waals surface area contributed by atoms with Crippen LogP contribution in [-0.4, -0.2) is 28.2 Å². The van der Waals surface area contributed by atoms with Gasteiger partial charge in [-0.15, -0.1) is 0 Å². The van der Waals surface area contributed by atoms with Gasteiger partial charge in [0.2, 0.25) is 5.91 Å². The number of hydrogen-bond donors (Lipinski definition) is 2. The second kappa shape index (κ2) is 6.51. The van der Waals surface area contributed by atoms with Gasteiger partial charge in [0.05, 0.1) is 12.1 Å². The van der Waals surface area contributed by atoms with Crippen LogP contribution in [0, 0.1) is 0 Å². The number of carbonyl (C=O) groups is 2. The average molecular weight is 284 g/mol. The van der Waals surface area contributed by atoms with Gasteiger partial charge in [-0.3, -0.25) is 14.6 Å². The minimum Gasteiger partial charge on any atom is -0.399 e. The van der Waals surface area contributed by atoms with Crippen molar-refractivity contribution in [2.75, 3.05) is 12.3 Å². The lowest BCUT2D eigenvalue weighted by Gasteiger charge is -2.21. The van der Waals surface area contributed by atoms with Crippen LogP contribution in [0.3, 0.4) is 0 Å². The molecule has 2 rings (SSSR count). The minimum atomic E-state index is -0.573. The zero-order valence-electron chi connectivity index (χ0n) is 11.4. The third-order valence-corrected chi connectivity index (χ3v) is 2.87. The molecule has 0 bridgehead atoms. The number of nitrogens with zero attached hydrogens (tertiary/aromatic N) is 2. The van der Waals surface area contributed by atoms with Crippen molar-refractivity contribution in [3.8, 4) is 0 Å². The Morgan fingerprint density at radius 1 is 1.19 bits per heavy atom. The second-order valence-corrected chi connectivity index (χ2v) is 4.61. The summed E-state index contributed by atoms with van der Waals surface area (Å²) in [6.45, 7) is 0.0875. The fourth-order valence-corrected chi connectivity index (χ4v) is 1.97. The predicted octanol–water partition coefficient (Wildman–Crippen LogP) is 0.791. The molecule has 2 aromatic rings. The summed E-state index contributed by atoms with van der Waals surface area (Å²) in [4.78, 5) is 28.9. The summed E-state index contributed by atoms with van der Waals surface area (Å²) >= 11 is 0. The molecule has 0 aliphatic rings. The molecule has 1 aromatic heterocycles. The van der Waals surface area contributed by atoms with Crippen molar-refractivity contribution in [1.82, 2.24) is 9.88 Å². The van der Waals surface area contributed by atoms with Crippen LogP contribution in [0.5, 0.6) is 0 Å². The van der Waals surface area contributed by atoms with Crippen LogP contribution < -0.4 is 11.5 Å². The number of primary amides is 1. The zero-order chi connectivity index (χ0) is 15.2. The van der Waals surface area contributed by atoms with E-state index < -0.39 is 5.91 Å². The number of rotatable bonds is 5. The van der Waals surface area contributed by atoms with E-state index in [4.69, 9.17) is 11.5 Å². The third-order valence-electron chi connectivity index (χ3n) is 2.87. The predicted molar refractivity (Wildman–Crippen MR) is 79.0 cm³/mol. The van der Waals surface area contributed by atoms with Gasteiger partial charge in [0, 0.05) is 24.6 Å². The number of hydrogen-bond acceptors (Lipinski definition) is 4.